The van der Waals surface area contributed by atoms with Crippen molar-refractivity contribution in [1.29, 1.82) is 0 Å². The van der Waals surface area contributed by atoms with Gasteiger partial charge in [0.1, 0.15) is 0 Å². The van der Waals surface area contributed by atoms with Gasteiger partial charge in [-0.25, -0.2) is 8.42 Å². The summed E-state index contributed by atoms with van der Waals surface area (Å²) in [7, 11) is -3.52. The first-order chi connectivity index (χ1) is 13.9. The smallest absolute Gasteiger partial charge is 0.243 e. The zero-order valence-corrected chi connectivity index (χ0v) is 17.6. The average molecular weight is 418 g/mol. The fourth-order valence-electron chi connectivity index (χ4n) is 3.25. The van der Waals surface area contributed by atoms with E-state index in [1.165, 1.54) is 4.31 Å². The zero-order valence-electron chi connectivity index (χ0n) is 16.8. The molecule has 0 bridgehead atoms. The summed E-state index contributed by atoms with van der Waals surface area (Å²) in [5.41, 5.74) is 3.65. The van der Waals surface area contributed by atoms with Crippen LogP contribution >= 0.6 is 0 Å². The molecule has 1 fully saturated rings. The Morgan fingerprint density at radius 1 is 1.10 bits per heavy atom. The van der Waals surface area contributed by atoms with Gasteiger partial charge in [-0.15, -0.1) is 0 Å². The highest BCUT2D eigenvalue weighted by molar-refractivity contribution is 7.89. The van der Waals surface area contributed by atoms with E-state index < -0.39 is 10.0 Å². The van der Waals surface area contributed by atoms with Crippen LogP contribution in [0, 0.1) is 6.92 Å². The van der Waals surface area contributed by atoms with E-state index in [2.05, 4.69) is 17.6 Å². The van der Waals surface area contributed by atoms with E-state index in [-0.39, 0.29) is 17.3 Å². The lowest BCUT2D eigenvalue weighted by atomic mass is 10.1. The minimum atomic E-state index is -3.52. The number of carbonyl (C=O) groups is 1. The van der Waals surface area contributed by atoms with Gasteiger partial charge in [-0.1, -0.05) is 25.1 Å². The van der Waals surface area contributed by atoms with Gasteiger partial charge in [-0.3, -0.25) is 4.79 Å². The van der Waals surface area contributed by atoms with Gasteiger partial charge in [0.15, 0.2) is 0 Å². The molecular weight excluding hydrogens is 390 g/mol. The fraction of sp³-hybridized carbons (Fsp3) is 0.381. The van der Waals surface area contributed by atoms with E-state index in [0.29, 0.717) is 32.0 Å². The van der Waals surface area contributed by atoms with Crippen molar-refractivity contribution in [2.24, 2.45) is 0 Å². The molecule has 1 amide bonds. The first-order valence-corrected chi connectivity index (χ1v) is 11.2. The molecule has 0 aromatic heterocycles. The summed E-state index contributed by atoms with van der Waals surface area (Å²) < 4.78 is 31.9. The molecule has 8 heteroatoms. The number of benzene rings is 2. The third-order valence-electron chi connectivity index (χ3n) is 4.92. The Kier molecular flexibility index (Phi) is 6.89. The highest BCUT2D eigenvalue weighted by atomic mass is 32.2. The van der Waals surface area contributed by atoms with Crippen LogP contribution in [-0.4, -0.2) is 51.5 Å². The van der Waals surface area contributed by atoms with Crippen LogP contribution < -0.4 is 10.6 Å². The Bertz CT molecular complexity index is 952. The Labute approximate surface area is 172 Å². The van der Waals surface area contributed by atoms with Crippen LogP contribution in [0.4, 0.5) is 11.4 Å². The van der Waals surface area contributed by atoms with Crippen molar-refractivity contribution in [3.63, 3.8) is 0 Å². The quantitative estimate of drug-likeness (QED) is 0.723. The highest BCUT2D eigenvalue weighted by Crippen LogP contribution is 2.22. The van der Waals surface area contributed by atoms with Gasteiger partial charge in [0.2, 0.25) is 15.9 Å². The summed E-state index contributed by atoms with van der Waals surface area (Å²) in [6.45, 7) is 5.66. The number of amides is 1. The summed E-state index contributed by atoms with van der Waals surface area (Å²) in [6.07, 6.45) is 0.837. The van der Waals surface area contributed by atoms with Crippen LogP contribution in [0.25, 0.3) is 0 Å². The summed E-state index contributed by atoms with van der Waals surface area (Å²) >= 11 is 0. The Morgan fingerprint density at radius 3 is 2.45 bits per heavy atom. The minimum Gasteiger partial charge on any atom is -0.379 e. The van der Waals surface area contributed by atoms with Crippen molar-refractivity contribution < 1.29 is 17.9 Å². The van der Waals surface area contributed by atoms with Crippen LogP contribution in [0.1, 0.15) is 18.1 Å². The van der Waals surface area contributed by atoms with Crippen LogP contribution in [-0.2, 0) is 26.0 Å². The molecule has 0 aliphatic carbocycles. The SMILES string of the molecule is CCc1cccc(C)c1NC(=O)CNc1ccc(S(=O)(=O)N2CCOCC2)cc1. The number of nitrogens with zero attached hydrogens (tertiary/aromatic N) is 1. The largest absolute Gasteiger partial charge is 0.379 e. The molecule has 0 spiro atoms. The second-order valence-electron chi connectivity index (χ2n) is 6.91. The second-order valence-corrected chi connectivity index (χ2v) is 8.84. The topological polar surface area (TPSA) is 87.7 Å². The molecule has 2 N–H and O–H groups in total. The standard InChI is InChI=1S/C21H27N3O4S/c1-3-17-6-4-5-16(2)21(17)23-20(25)15-22-18-7-9-19(10-8-18)29(26,27)24-11-13-28-14-12-24/h4-10,22H,3,11-15H2,1-2H3,(H,23,25). The molecule has 0 atom stereocenters. The predicted molar refractivity (Wildman–Crippen MR) is 114 cm³/mol. The highest BCUT2D eigenvalue weighted by Gasteiger charge is 2.26. The van der Waals surface area contributed by atoms with Crippen molar-refractivity contribution in [2.75, 3.05) is 43.5 Å². The first kappa shape index (κ1) is 21.3. The molecule has 7 nitrogen and oxygen atoms in total. The maximum Gasteiger partial charge on any atom is 0.243 e. The molecule has 1 aliphatic rings. The van der Waals surface area contributed by atoms with E-state index in [4.69, 9.17) is 4.74 Å². The lowest BCUT2D eigenvalue weighted by Gasteiger charge is -2.26. The summed E-state index contributed by atoms with van der Waals surface area (Å²) in [6, 6.07) is 12.4. The average Bonchev–Trinajstić information content (AvgIpc) is 2.74. The molecule has 0 unspecified atom stereocenters. The molecule has 2 aromatic rings. The van der Waals surface area contributed by atoms with E-state index >= 15 is 0 Å². The molecule has 0 saturated carbocycles. The number of aryl methyl sites for hydroxylation is 2. The molecule has 1 saturated heterocycles. The third kappa shape index (κ3) is 5.14. The molecular formula is C21H27N3O4S. The third-order valence-corrected chi connectivity index (χ3v) is 6.83. The Hall–Kier alpha value is -2.42. The normalized spacial score (nSPS) is 15.1. The molecule has 3 rings (SSSR count). The van der Waals surface area contributed by atoms with Crippen molar-refractivity contribution in [2.45, 2.75) is 25.2 Å². The predicted octanol–water partition coefficient (Wildman–Crippen LogP) is 2.63. The van der Waals surface area contributed by atoms with Crippen molar-refractivity contribution in [3.05, 3.63) is 53.6 Å². The van der Waals surface area contributed by atoms with E-state index in [9.17, 15) is 13.2 Å². The van der Waals surface area contributed by atoms with Crippen LogP contribution in [0.2, 0.25) is 0 Å². The van der Waals surface area contributed by atoms with Crippen LogP contribution in [0.3, 0.4) is 0 Å². The lowest BCUT2D eigenvalue weighted by Crippen LogP contribution is -2.40. The van der Waals surface area contributed by atoms with Crippen molar-refractivity contribution >= 4 is 27.3 Å². The summed E-state index contributed by atoms with van der Waals surface area (Å²) in [4.78, 5) is 12.6. The van der Waals surface area contributed by atoms with Crippen LogP contribution in [0.15, 0.2) is 47.4 Å². The van der Waals surface area contributed by atoms with Gasteiger partial charge in [0.25, 0.3) is 0 Å². The maximum absolute atomic E-state index is 12.6. The van der Waals surface area contributed by atoms with E-state index in [1.807, 2.05) is 25.1 Å². The number of carbonyl (C=O) groups excluding carboxylic acids is 1. The summed E-state index contributed by atoms with van der Waals surface area (Å²) in [5, 5.41) is 6.00. The number of hydrogen-bond donors (Lipinski definition) is 2. The van der Waals surface area contributed by atoms with Gasteiger partial charge in [-0.2, -0.15) is 4.31 Å². The zero-order chi connectivity index (χ0) is 20.9. The van der Waals surface area contributed by atoms with Gasteiger partial charge >= 0.3 is 0 Å². The number of nitrogens with one attached hydrogen (secondary N) is 2. The molecule has 2 aromatic carbocycles. The first-order valence-electron chi connectivity index (χ1n) is 9.72. The monoisotopic (exact) mass is 417 g/mol. The summed E-state index contributed by atoms with van der Waals surface area (Å²) in [5.74, 6) is -0.154. The van der Waals surface area contributed by atoms with Gasteiger partial charge in [0.05, 0.1) is 24.7 Å². The second kappa shape index (κ2) is 9.39. The molecule has 1 heterocycles. The molecule has 156 valence electrons. The molecule has 1 aliphatic heterocycles. The molecule has 0 radical (unpaired) electrons. The number of ether oxygens (including phenoxy) is 1. The Balaban J connectivity index is 1.60. The van der Waals surface area contributed by atoms with E-state index in [0.717, 1.165) is 23.2 Å². The lowest BCUT2D eigenvalue weighted by molar-refractivity contribution is -0.114. The number of anilines is 2. The van der Waals surface area contributed by atoms with Gasteiger partial charge < -0.3 is 15.4 Å². The number of rotatable bonds is 7. The fourth-order valence-corrected chi connectivity index (χ4v) is 4.66. The van der Waals surface area contributed by atoms with E-state index in [1.54, 1.807) is 24.3 Å². The maximum atomic E-state index is 12.6. The van der Waals surface area contributed by atoms with Gasteiger partial charge in [0, 0.05) is 24.5 Å². The molecule has 29 heavy (non-hydrogen) atoms. The number of sulfonamides is 1. The number of morpholine rings is 1. The van der Waals surface area contributed by atoms with Crippen molar-refractivity contribution in [1.82, 2.24) is 4.31 Å². The van der Waals surface area contributed by atoms with Crippen LogP contribution in [0.5, 0.6) is 0 Å². The van der Waals surface area contributed by atoms with Gasteiger partial charge in [-0.05, 0) is 48.7 Å². The number of para-hydroxylation sites is 1. The van der Waals surface area contributed by atoms with Crippen molar-refractivity contribution in [3.8, 4) is 0 Å². The number of hydrogen-bond acceptors (Lipinski definition) is 5. The Morgan fingerprint density at radius 2 is 1.79 bits per heavy atom. The minimum absolute atomic E-state index is 0.0903.